The molecule has 1 fully saturated rings. The molecular formula is C13H15ClN2O3. The number of piperidine rings is 1. The Hall–Kier alpha value is -1.62. The minimum atomic E-state index is -0.593. The fourth-order valence-electron chi connectivity index (χ4n) is 2.43. The van der Waals surface area contributed by atoms with Crippen molar-refractivity contribution in [3.63, 3.8) is 0 Å². The zero-order valence-corrected chi connectivity index (χ0v) is 11.4. The van der Waals surface area contributed by atoms with Crippen LogP contribution in [0, 0.1) is 10.1 Å². The van der Waals surface area contributed by atoms with Crippen LogP contribution in [0.3, 0.4) is 0 Å². The number of nitro groups is 1. The molecular weight excluding hydrogens is 268 g/mol. The van der Waals surface area contributed by atoms with Gasteiger partial charge in [-0.2, -0.15) is 0 Å². The van der Waals surface area contributed by atoms with Gasteiger partial charge < -0.3 is 4.90 Å². The van der Waals surface area contributed by atoms with E-state index in [1.807, 2.05) is 6.92 Å². The Bertz CT molecular complexity index is 519. The first-order valence-electron chi connectivity index (χ1n) is 6.26. The molecule has 0 saturated carbocycles. The summed E-state index contributed by atoms with van der Waals surface area (Å²) in [5.41, 5.74) is -0.224. The van der Waals surface area contributed by atoms with Crippen molar-refractivity contribution >= 4 is 23.2 Å². The predicted octanol–water partition coefficient (Wildman–Crippen LogP) is 3.26. The number of hydrogen-bond acceptors (Lipinski definition) is 3. The molecule has 1 aliphatic rings. The normalized spacial score (nSPS) is 19.3. The first kappa shape index (κ1) is 13.8. The Morgan fingerprint density at radius 3 is 2.84 bits per heavy atom. The lowest BCUT2D eigenvalue weighted by molar-refractivity contribution is -0.385. The first-order valence-corrected chi connectivity index (χ1v) is 6.64. The lowest BCUT2D eigenvalue weighted by Crippen LogP contribution is -2.42. The molecule has 1 aliphatic heterocycles. The predicted molar refractivity (Wildman–Crippen MR) is 72.5 cm³/mol. The average molecular weight is 283 g/mol. The molecule has 102 valence electrons. The second-order valence-corrected chi connectivity index (χ2v) is 5.14. The van der Waals surface area contributed by atoms with Crippen molar-refractivity contribution in [2.24, 2.45) is 0 Å². The van der Waals surface area contributed by atoms with Gasteiger partial charge in [-0.05, 0) is 38.3 Å². The number of benzene rings is 1. The zero-order valence-electron chi connectivity index (χ0n) is 10.6. The summed E-state index contributed by atoms with van der Waals surface area (Å²) in [6, 6.07) is 4.57. The number of nitro benzene ring substituents is 1. The van der Waals surface area contributed by atoms with E-state index >= 15 is 0 Å². The number of rotatable bonds is 2. The van der Waals surface area contributed by atoms with Gasteiger partial charge in [0.15, 0.2) is 0 Å². The Balaban J connectivity index is 2.38. The summed E-state index contributed by atoms with van der Waals surface area (Å²) in [5.74, 6) is -0.304. The first-order chi connectivity index (χ1) is 9.02. The van der Waals surface area contributed by atoms with E-state index in [1.165, 1.54) is 12.1 Å². The van der Waals surface area contributed by atoms with Gasteiger partial charge in [-0.25, -0.2) is 0 Å². The molecule has 1 saturated heterocycles. The number of amides is 1. The molecule has 1 unspecified atom stereocenters. The van der Waals surface area contributed by atoms with Crippen molar-refractivity contribution < 1.29 is 9.72 Å². The molecule has 0 bridgehead atoms. The molecule has 0 aliphatic carbocycles. The van der Waals surface area contributed by atoms with Gasteiger partial charge >= 0.3 is 5.69 Å². The van der Waals surface area contributed by atoms with Crippen LogP contribution in [-0.4, -0.2) is 28.3 Å². The Kier molecular flexibility index (Phi) is 4.04. The molecule has 1 aromatic carbocycles. The molecule has 2 rings (SSSR count). The second kappa shape index (κ2) is 5.57. The Labute approximate surface area is 116 Å². The van der Waals surface area contributed by atoms with E-state index < -0.39 is 4.92 Å². The molecule has 19 heavy (non-hydrogen) atoms. The van der Waals surface area contributed by atoms with E-state index in [4.69, 9.17) is 11.6 Å². The third kappa shape index (κ3) is 2.71. The van der Waals surface area contributed by atoms with Crippen LogP contribution in [0.4, 0.5) is 5.69 Å². The van der Waals surface area contributed by atoms with Gasteiger partial charge in [-0.1, -0.05) is 17.7 Å². The van der Waals surface area contributed by atoms with E-state index in [0.717, 1.165) is 19.3 Å². The van der Waals surface area contributed by atoms with Crippen molar-refractivity contribution in [3.05, 3.63) is 38.9 Å². The molecule has 0 radical (unpaired) electrons. The molecule has 5 nitrogen and oxygen atoms in total. The van der Waals surface area contributed by atoms with E-state index in [9.17, 15) is 14.9 Å². The lowest BCUT2D eigenvalue weighted by Gasteiger charge is -2.33. The SMILES string of the molecule is CC1CCCCN1C(=O)c1cccc(Cl)c1[N+](=O)[O-]. The monoisotopic (exact) mass is 282 g/mol. The van der Waals surface area contributed by atoms with Crippen LogP contribution < -0.4 is 0 Å². The molecule has 0 N–H and O–H groups in total. The second-order valence-electron chi connectivity index (χ2n) is 4.74. The van der Waals surface area contributed by atoms with Crippen LogP contribution in [0.5, 0.6) is 0 Å². The number of likely N-dealkylation sites (tertiary alicyclic amines) is 1. The summed E-state index contributed by atoms with van der Waals surface area (Å²) in [5, 5.41) is 11.1. The van der Waals surface area contributed by atoms with Crippen molar-refractivity contribution in [2.45, 2.75) is 32.2 Å². The van der Waals surface area contributed by atoms with Crippen molar-refractivity contribution in [2.75, 3.05) is 6.54 Å². The molecule has 0 spiro atoms. The van der Waals surface area contributed by atoms with Crippen LogP contribution in [0.2, 0.25) is 5.02 Å². The maximum Gasteiger partial charge on any atom is 0.300 e. The fraction of sp³-hybridized carbons (Fsp3) is 0.462. The third-order valence-corrected chi connectivity index (χ3v) is 3.77. The van der Waals surface area contributed by atoms with Crippen LogP contribution in [-0.2, 0) is 0 Å². The van der Waals surface area contributed by atoms with Crippen LogP contribution in [0.15, 0.2) is 18.2 Å². The number of nitrogens with zero attached hydrogens (tertiary/aromatic N) is 2. The van der Waals surface area contributed by atoms with Crippen molar-refractivity contribution in [1.82, 2.24) is 4.90 Å². The van der Waals surface area contributed by atoms with E-state index in [1.54, 1.807) is 11.0 Å². The summed E-state index contributed by atoms with van der Waals surface area (Å²) in [6.45, 7) is 2.61. The topological polar surface area (TPSA) is 63.5 Å². The van der Waals surface area contributed by atoms with Crippen molar-refractivity contribution in [1.29, 1.82) is 0 Å². The van der Waals surface area contributed by atoms with Gasteiger partial charge in [0, 0.05) is 12.6 Å². The highest BCUT2D eigenvalue weighted by molar-refractivity contribution is 6.33. The molecule has 1 heterocycles. The lowest BCUT2D eigenvalue weighted by atomic mass is 10.0. The van der Waals surface area contributed by atoms with Gasteiger partial charge in [-0.15, -0.1) is 0 Å². The summed E-state index contributed by atoms with van der Waals surface area (Å²) < 4.78 is 0. The highest BCUT2D eigenvalue weighted by atomic mass is 35.5. The van der Waals surface area contributed by atoms with Gasteiger partial charge in [-0.3, -0.25) is 14.9 Å². The number of hydrogen-bond donors (Lipinski definition) is 0. The summed E-state index contributed by atoms with van der Waals surface area (Å²) in [4.78, 5) is 24.6. The highest BCUT2D eigenvalue weighted by Crippen LogP contribution is 2.30. The van der Waals surface area contributed by atoms with Gasteiger partial charge in [0.2, 0.25) is 0 Å². The Morgan fingerprint density at radius 1 is 1.47 bits per heavy atom. The van der Waals surface area contributed by atoms with Crippen LogP contribution in [0.25, 0.3) is 0 Å². The summed E-state index contributed by atoms with van der Waals surface area (Å²) in [7, 11) is 0. The maximum atomic E-state index is 12.5. The summed E-state index contributed by atoms with van der Waals surface area (Å²) >= 11 is 5.83. The Morgan fingerprint density at radius 2 is 2.21 bits per heavy atom. The number of para-hydroxylation sites is 1. The smallest absolute Gasteiger partial charge is 0.300 e. The highest BCUT2D eigenvalue weighted by Gasteiger charge is 2.30. The molecule has 1 atom stereocenters. The van der Waals surface area contributed by atoms with Gasteiger partial charge in [0.1, 0.15) is 10.6 Å². The average Bonchev–Trinajstić information content (AvgIpc) is 2.37. The largest absolute Gasteiger partial charge is 0.336 e. The number of carbonyl (C=O) groups is 1. The maximum absolute atomic E-state index is 12.5. The standard InChI is InChI=1S/C13H15ClN2O3/c1-9-5-2-3-8-15(9)13(17)10-6-4-7-11(14)12(10)16(18)19/h4,6-7,9H,2-3,5,8H2,1H3. The van der Waals surface area contributed by atoms with Gasteiger partial charge in [0.25, 0.3) is 5.91 Å². The minimum Gasteiger partial charge on any atom is -0.336 e. The van der Waals surface area contributed by atoms with Gasteiger partial charge in [0.05, 0.1) is 4.92 Å². The van der Waals surface area contributed by atoms with Crippen LogP contribution in [0.1, 0.15) is 36.5 Å². The third-order valence-electron chi connectivity index (χ3n) is 3.46. The molecule has 1 aromatic rings. The van der Waals surface area contributed by atoms with Crippen LogP contribution >= 0.6 is 11.6 Å². The summed E-state index contributed by atoms with van der Waals surface area (Å²) in [6.07, 6.45) is 2.95. The fourth-order valence-corrected chi connectivity index (χ4v) is 2.67. The molecule has 6 heteroatoms. The van der Waals surface area contributed by atoms with Crippen molar-refractivity contribution in [3.8, 4) is 0 Å². The molecule has 1 amide bonds. The van der Waals surface area contributed by atoms with E-state index in [-0.39, 0.29) is 28.2 Å². The zero-order chi connectivity index (χ0) is 14.0. The minimum absolute atomic E-state index is 0.000475. The van der Waals surface area contributed by atoms with E-state index in [0.29, 0.717) is 6.54 Å². The number of carbonyl (C=O) groups excluding carboxylic acids is 1. The quantitative estimate of drug-likeness (QED) is 0.618. The van der Waals surface area contributed by atoms with E-state index in [2.05, 4.69) is 0 Å². The number of halogens is 1. The molecule has 0 aromatic heterocycles.